The zero-order valence-electron chi connectivity index (χ0n) is 10.7. The van der Waals surface area contributed by atoms with E-state index in [2.05, 4.69) is 39.4 Å². The Labute approximate surface area is 125 Å². The lowest BCUT2D eigenvalue weighted by Gasteiger charge is -2.24. The number of halogens is 1. The number of aromatic nitrogens is 1. The molecule has 0 amide bonds. The monoisotopic (exact) mass is 336 g/mol. The van der Waals surface area contributed by atoms with Crippen molar-refractivity contribution in [3.63, 3.8) is 0 Å². The third-order valence-corrected chi connectivity index (χ3v) is 6.15. The summed E-state index contributed by atoms with van der Waals surface area (Å²) in [6, 6.07) is 7.61. The van der Waals surface area contributed by atoms with Gasteiger partial charge in [0.05, 0.1) is 16.3 Å². The fourth-order valence-electron chi connectivity index (χ4n) is 3.58. The van der Waals surface area contributed by atoms with Crippen molar-refractivity contribution in [2.75, 3.05) is 0 Å². The van der Waals surface area contributed by atoms with E-state index in [9.17, 15) is 0 Å². The van der Waals surface area contributed by atoms with Crippen molar-refractivity contribution in [1.82, 2.24) is 10.3 Å². The summed E-state index contributed by atoms with van der Waals surface area (Å²) < 4.78 is 2.43. The molecule has 1 aromatic carbocycles. The van der Waals surface area contributed by atoms with Crippen molar-refractivity contribution in [2.45, 2.75) is 44.2 Å². The molecule has 2 heterocycles. The molecule has 0 radical (unpaired) electrons. The molecule has 2 nitrogen and oxygen atoms in total. The predicted molar refractivity (Wildman–Crippen MR) is 83.6 cm³/mol. The van der Waals surface area contributed by atoms with Crippen LogP contribution in [-0.4, -0.2) is 11.0 Å². The molecular weight excluding hydrogens is 320 g/mol. The van der Waals surface area contributed by atoms with Crippen molar-refractivity contribution in [2.24, 2.45) is 5.92 Å². The molecule has 3 unspecified atom stereocenters. The van der Waals surface area contributed by atoms with E-state index < -0.39 is 0 Å². The molecular formula is C15H17BrN2S. The maximum atomic E-state index is 4.83. The second-order valence-electron chi connectivity index (χ2n) is 5.77. The molecule has 2 aromatic rings. The van der Waals surface area contributed by atoms with E-state index in [1.165, 1.54) is 41.8 Å². The van der Waals surface area contributed by atoms with Crippen LogP contribution >= 0.6 is 27.3 Å². The number of nitrogens with zero attached hydrogens (tertiary/aromatic N) is 1. The Bertz CT molecular complexity index is 595. The number of hydrogen-bond donors (Lipinski definition) is 1. The van der Waals surface area contributed by atoms with Gasteiger partial charge in [0.2, 0.25) is 0 Å². The second-order valence-corrected chi connectivity index (χ2v) is 7.75. The van der Waals surface area contributed by atoms with Crippen LogP contribution in [0, 0.1) is 5.92 Å². The normalized spacial score (nSPS) is 30.7. The molecule has 3 atom stereocenters. The maximum Gasteiger partial charge on any atom is 0.111 e. The van der Waals surface area contributed by atoms with E-state index in [-0.39, 0.29) is 0 Å². The predicted octanol–water partition coefficient (Wildman–Crippen LogP) is 4.65. The molecule has 19 heavy (non-hydrogen) atoms. The van der Waals surface area contributed by atoms with Crippen LogP contribution in [0.15, 0.2) is 22.7 Å². The van der Waals surface area contributed by atoms with Gasteiger partial charge in [-0.15, -0.1) is 11.3 Å². The highest BCUT2D eigenvalue weighted by molar-refractivity contribution is 9.10. The van der Waals surface area contributed by atoms with Crippen LogP contribution in [0.3, 0.4) is 0 Å². The molecule has 0 bridgehead atoms. The van der Waals surface area contributed by atoms with Crippen molar-refractivity contribution in [3.05, 3.63) is 27.7 Å². The first-order valence-corrected chi connectivity index (χ1v) is 8.72. The van der Waals surface area contributed by atoms with Gasteiger partial charge in [-0.2, -0.15) is 0 Å². The molecule has 4 rings (SSSR count). The molecule has 1 N–H and O–H groups in total. The van der Waals surface area contributed by atoms with E-state index in [0.29, 0.717) is 6.04 Å². The summed E-state index contributed by atoms with van der Waals surface area (Å²) in [6.45, 7) is 0. The lowest BCUT2D eigenvalue weighted by Crippen LogP contribution is -2.30. The van der Waals surface area contributed by atoms with E-state index in [4.69, 9.17) is 4.98 Å². The Hall–Kier alpha value is -0.450. The summed E-state index contributed by atoms with van der Waals surface area (Å²) >= 11 is 5.39. The Morgan fingerprint density at radius 3 is 3.05 bits per heavy atom. The first-order valence-electron chi connectivity index (χ1n) is 7.11. The minimum Gasteiger partial charge on any atom is -0.305 e. The van der Waals surface area contributed by atoms with Crippen LogP contribution in [0.1, 0.15) is 43.2 Å². The van der Waals surface area contributed by atoms with Crippen LogP contribution in [0.4, 0.5) is 0 Å². The van der Waals surface area contributed by atoms with Crippen LogP contribution < -0.4 is 5.32 Å². The Morgan fingerprint density at radius 1 is 1.26 bits per heavy atom. The van der Waals surface area contributed by atoms with E-state index in [1.807, 2.05) is 11.3 Å². The smallest absolute Gasteiger partial charge is 0.111 e. The van der Waals surface area contributed by atoms with Gasteiger partial charge in [0.15, 0.2) is 0 Å². The molecule has 1 saturated carbocycles. The van der Waals surface area contributed by atoms with Crippen molar-refractivity contribution >= 4 is 37.5 Å². The van der Waals surface area contributed by atoms with Crippen molar-refractivity contribution in [1.29, 1.82) is 0 Å². The Balaban J connectivity index is 1.64. The van der Waals surface area contributed by atoms with Crippen LogP contribution in [0.25, 0.3) is 10.2 Å². The number of rotatable bonds is 1. The highest BCUT2D eigenvalue weighted by Gasteiger charge is 2.36. The van der Waals surface area contributed by atoms with Gasteiger partial charge >= 0.3 is 0 Å². The summed E-state index contributed by atoms with van der Waals surface area (Å²) in [5.74, 6) is 0.887. The number of thiazole rings is 1. The molecule has 1 saturated heterocycles. The molecule has 2 fully saturated rings. The molecule has 100 valence electrons. The van der Waals surface area contributed by atoms with Crippen LogP contribution in [0.5, 0.6) is 0 Å². The summed E-state index contributed by atoms with van der Waals surface area (Å²) in [4.78, 5) is 4.83. The average molecular weight is 337 g/mol. The molecule has 0 spiro atoms. The first kappa shape index (κ1) is 12.3. The van der Waals surface area contributed by atoms with Crippen LogP contribution in [-0.2, 0) is 0 Å². The summed E-state index contributed by atoms with van der Waals surface area (Å²) in [5, 5.41) is 5.10. The molecule has 1 aliphatic heterocycles. The van der Waals surface area contributed by atoms with E-state index in [1.54, 1.807) is 0 Å². The largest absolute Gasteiger partial charge is 0.305 e. The zero-order valence-corrected chi connectivity index (χ0v) is 13.1. The molecule has 1 aliphatic carbocycles. The van der Waals surface area contributed by atoms with Crippen molar-refractivity contribution < 1.29 is 0 Å². The fourth-order valence-corrected chi connectivity index (χ4v) is 5.17. The lowest BCUT2D eigenvalue weighted by atomic mass is 9.85. The zero-order chi connectivity index (χ0) is 12.8. The highest BCUT2D eigenvalue weighted by Crippen LogP contribution is 2.41. The second kappa shape index (κ2) is 4.83. The quantitative estimate of drug-likeness (QED) is 0.819. The standard InChI is InChI=1S/C15H17BrN2S/c16-10-5-6-12-14(8-10)19-15(18-12)13-7-9-3-1-2-4-11(9)17-13/h5-6,8-9,11,13,17H,1-4,7H2. The van der Waals surface area contributed by atoms with Gasteiger partial charge < -0.3 is 5.32 Å². The number of hydrogen-bond acceptors (Lipinski definition) is 3. The summed E-state index contributed by atoms with van der Waals surface area (Å²) in [5.41, 5.74) is 1.14. The van der Waals surface area contributed by atoms with Gasteiger partial charge in [-0.25, -0.2) is 4.98 Å². The number of nitrogens with one attached hydrogen (secondary N) is 1. The minimum atomic E-state index is 0.490. The Morgan fingerprint density at radius 2 is 2.16 bits per heavy atom. The molecule has 4 heteroatoms. The van der Waals surface area contributed by atoms with Gasteiger partial charge in [0.25, 0.3) is 0 Å². The SMILES string of the molecule is Brc1ccc2nc(C3CC4CCCCC4N3)sc2c1. The first-order chi connectivity index (χ1) is 9.29. The van der Waals surface area contributed by atoms with Gasteiger partial charge in [-0.1, -0.05) is 28.8 Å². The van der Waals surface area contributed by atoms with Crippen molar-refractivity contribution in [3.8, 4) is 0 Å². The maximum absolute atomic E-state index is 4.83. The third kappa shape index (κ3) is 2.24. The highest BCUT2D eigenvalue weighted by atomic mass is 79.9. The van der Waals surface area contributed by atoms with Gasteiger partial charge in [-0.3, -0.25) is 0 Å². The number of fused-ring (bicyclic) bond motifs is 2. The van der Waals surface area contributed by atoms with Crippen LogP contribution in [0.2, 0.25) is 0 Å². The summed E-state index contributed by atoms with van der Waals surface area (Å²) in [7, 11) is 0. The van der Waals surface area contributed by atoms with E-state index >= 15 is 0 Å². The third-order valence-electron chi connectivity index (χ3n) is 4.53. The average Bonchev–Trinajstić information content (AvgIpc) is 3.00. The molecule has 2 aliphatic rings. The van der Waals surface area contributed by atoms with Gasteiger partial charge in [0.1, 0.15) is 5.01 Å². The topological polar surface area (TPSA) is 24.9 Å². The van der Waals surface area contributed by atoms with E-state index in [0.717, 1.165) is 21.9 Å². The van der Waals surface area contributed by atoms with Gasteiger partial charge in [-0.05, 0) is 43.4 Å². The lowest BCUT2D eigenvalue weighted by molar-refractivity contribution is 0.325. The number of benzene rings is 1. The summed E-state index contributed by atoms with van der Waals surface area (Å²) in [6.07, 6.45) is 6.86. The molecule has 1 aromatic heterocycles. The fraction of sp³-hybridized carbons (Fsp3) is 0.533. The Kier molecular flexibility index (Phi) is 3.13. The van der Waals surface area contributed by atoms with Gasteiger partial charge in [0, 0.05) is 10.5 Å². The minimum absolute atomic E-state index is 0.490.